The number of sulfonamides is 1. The molecule has 0 aliphatic heterocycles. The quantitative estimate of drug-likeness (QED) is 0.0115. The molecule has 125 heavy (non-hydrogen) atoms. The van der Waals surface area contributed by atoms with Gasteiger partial charge in [-0.05, 0) is 110 Å². The number of hydrogen-bond donors (Lipinski definition) is 7. The summed E-state index contributed by atoms with van der Waals surface area (Å²) in [7, 11) is -10.8. The van der Waals surface area contributed by atoms with Crippen LogP contribution in [0.25, 0.3) is 55.2 Å². The molecule has 0 unspecified atom stereocenters. The van der Waals surface area contributed by atoms with Crippen LogP contribution in [0.4, 0.5) is 34.1 Å². The molecule has 34 nitrogen and oxygen atoms in total. The standard InChI is InChI=1S/C16H16ClN3O4S2.C13H8ClN3O4S.C13H10ClN3O2S.C13H8ClN3O2S.C12H8N2O4S2.C7H5ClN2.C3H7ClO2S/c1-2-6-25(21,22)20-12-4-3-5-13(8-12)26(23,24)15-10-19-16-14(15)7-11(17)9-18-16;14-8-4-11-12(7-16-13(11)15-6-8)22(20,21)10-3-1-2-9(5-10)17(18)19;14-8-4-11-12(7-17-13(11)16-6-8)20(18,19)10-3-1-2-9(15)5-10;14-8-4-11-12(7-16-13(11)15-6-8)20-10-3-1-2-9(5-10)17(18)19;15-13(16)9-3-1-5-11(7-9)19-20-12-6-2-4-10(8-12)14(17)18;8-6-3-5-1-2-9-7(5)10-4-6;1-2-3-7(4,5)6/h3-5,7-10,20H,2,6H2,1H3,(H,18,19);1-7H,(H,15,16);1-7H,15H2,(H,16,17);1-7H,(H,15,16);1-8H;1-4H,(H,9,10);2-3H2,1H3. The number of sulfone groups is 3. The molecule has 6 aromatic carbocycles. The van der Waals surface area contributed by atoms with Crippen molar-refractivity contribution in [2.75, 3.05) is 22.0 Å². The van der Waals surface area contributed by atoms with Gasteiger partial charge in [-0.15, -0.1) is 0 Å². The molecule has 16 aromatic rings. The first kappa shape index (κ1) is 95.7. The van der Waals surface area contributed by atoms with Gasteiger partial charge in [-0.25, -0.2) is 67.0 Å². The highest BCUT2D eigenvalue weighted by Crippen LogP contribution is 2.41. The highest BCUT2D eigenvalue weighted by molar-refractivity contribution is 8.76. The molecule has 0 bridgehead atoms. The zero-order valence-corrected chi connectivity index (χ0v) is 75.0. The van der Waals surface area contributed by atoms with E-state index in [0.717, 1.165) is 47.7 Å². The summed E-state index contributed by atoms with van der Waals surface area (Å²) in [6.07, 6.45) is 16.2. The van der Waals surface area contributed by atoms with E-state index in [-0.39, 0.29) is 69.3 Å². The summed E-state index contributed by atoms with van der Waals surface area (Å²) in [6.45, 7) is 3.51. The minimum atomic E-state index is -3.93. The second-order valence-electron chi connectivity index (χ2n) is 25.4. The number of halogens is 6. The third kappa shape index (κ3) is 26.1. The average Bonchev–Trinajstić information content (AvgIpc) is 1.67. The third-order valence-corrected chi connectivity index (χ3v) is 29.2. The Labute approximate surface area is 752 Å². The van der Waals surface area contributed by atoms with Crippen LogP contribution in [0.15, 0.2) is 293 Å². The summed E-state index contributed by atoms with van der Waals surface area (Å²) in [6, 6.07) is 45.9. The van der Waals surface area contributed by atoms with Crippen molar-refractivity contribution in [2.24, 2.45) is 0 Å². The van der Waals surface area contributed by atoms with Crippen LogP contribution in [-0.4, -0.2) is 123 Å². The zero-order chi connectivity index (χ0) is 90.7. The predicted molar refractivity (Wildman–Crippen MR) is 485 cm³/mol. The lowest BCUT2D eigenvalue weighted by Gasteiger charge is -2.09. The number of nitrogens with zero attached hydrogens (tertiary/aromatic N) is 9. The number of nitro groups is 4. The van der Waals surface area contributed by atoms with Crippen molar-refractivity contribution < 1.29 is 61.8 Å². The number of nitrogens with one attached hydrogen (secondary N) is 6. The number of H-pyrrole nitrogens is 5. The molecule has 0 spiro atoms. The fraction of sp³-hybridized carbons (Fsp3) is 0.0779. The maximum Gasteiger partial charge on any atom is 0.270 e. The Bertz CT molecular complexity index is 7260. The fourth-order valence-electron chi connectivity index (χ4n) is 11.0. The van der Waals surface area contributed by atoms with E-state index in [4.69, 9.17) is 74.4 Å². The Morgan fingerprint density at radius 1 is 0.392 bits per heavy atom. The molecule has 0 atom stereocenters. The van der Waals surface area contributed by atoms with Crippen LogP contribution < -0.4 is 10.5 Å². The topological polar surface area (TPSA) is 525 Å². The molecule has 8 N–H and O–H groups in total. The van der Waals surface area contributed by atoms with Crippen molar-refractivity contribution in [3.8, 4) is 0 Å². The number of aromatic nitrogens is 10. The van der Waals surface area contributed by atoms with Gasteiger partial charge in [0.2, 0.25) is 48.6 Å². The molecule has 0 saturated heterocycles. The Kier molecular flexibility index (Phi) is 32.5. The van der Waals surface area contributed by atoms with E-state index in [9.17, 15) is 82.5 Å². The molecule has 0 fully saturated rings. The van der Waals surface area contributed by atoms with Crippen LogP contribution in [0.1, 0.15) is 26.7 Å². The Morgan fingerprint density at radius 2 is 0.744 bits per heavy atom. The molecule has 10 aromatic heterocycles. The first-order valence-corrected chi connectivity index (χ1v) is 48.9. The number of fused-ring (bicyclic) bond motifs is 5. The predicted octanol–water partition coefficient (Wildman–Crippen LogP) is 20.5. The smallest absolute Gasteiger partial charge is 0.270 e. The lowest BCUT2D eigenvalue weighted by Crippen LogP contribution is -2.16. The molecule has 10 heterocycles. The molecule has 16 rings (SSSR count). The van der Waals surface area contributed by atoms with Gasteiger partial charge in [0, 0.05) is 179 Å². The Hall–Kier alpha value is -11.5. The van der Waals surface area contributed by atoms with Crippen molar-refractivity contribution in [3.05, 3.63) is 310 Å². The minimum Gasteiger partial charge on any atom is -0.399 e. The van der Waals surface area contributed by atoms with Crippen molar-refractivity contribution in [1.29, 1.82) is 0 Å². The molecule has 0 radical (unpaired) electrons. The SMILES string of the molecule is CCCS(=O)(=O)Cl.CCCS(=O)(=O)Nc1cccc(S(=O)(=O)c2c[nH]c3ncc(Cl)cc23)c1.Clc1cnc2[nH]ccc2c1.Nc1cccc(S(=O)(=O)c2c[nH]c3ncc(Cl)cc23)c1.O=[N+]([O-])c1cccc(S(=O)(=O)c2c[nH]c3ncc(Cl)cc23)c1.O=[N+]([O-])c1cccc(SSc2cccc([N+](=O)[O-])c2)c1.O=[N+]([O-])c1cccc(Sc2c[nH]c3ncc(Cl)cc23)c1. The van der Waals surface area contributed by atoms with Gasteiger partial charge in [0.05, 0.1) is 85.7 Å². The summed E-state index contributed by atoms with van der Waals surface area (Å²) in [4.78, 5) is 78.9. The first-order valence-electron chi connectivity index (χ1n) is 35.5. The fourth-order valence-corrected chi connectivity index (χ4v) is 21.2. The number of aromatic amines is 5. The molecular formula is C77H62Cl6N16O18S8. The van der Waals surface area contributed by atoms with Gasteiger partial charge in [0.25, 0.3) is 22.7 Å². The summed E-state index contributed by atoms with van der Waals surface area (Å²) in [5.74, 6) is 0.0329. The van der Waals surface area contributed by atoms with Crippen molar-refractivity contribution >= 4 is 240 Å². The van der Waals surface area contributed by atoms with Crippen LogP contribution >= 0.6 is 102 Å². The number of pyridine rings is 5. The van der Waals surface area contributed by atoms with Gasteiger partial charge < -0.3 is 30.7 Å². The van der Waals surface area contributed by atoms with Gasteiger partial charge in [-0.3, -0.25) is 45.2 Å². The van der Waals surface area contributed by atoms with Gasteiger partial charge in [0.15, 0.2) is 0 Å². The normalized spacial score (nSPS) is 11.4. The lowest BCUT2D eigenvalue weighted by molar-refractivity contribution is -0.385. The van der Waals surface area contributed by atoms with Gasteiger partial charge in [-0.2, -0.15) is 0 Å². The summed E-state index contributed by atoms with van der Waals surface area (Å²) in [5, 5.41) is 48.2. The van der Waals surface area contributed by atoms with Crippen molar-refractivity contribution in [1.82, 2.24) is 49.8 Å². The van der Waals surface area contributed by atoms with E-state index in [2.05, 4.69) is 54.6 Å². The molecule has 0 amide bonds. The number of nitrogen functional groups attached to an aromatic ring is 1. The zero-order valence-electron chi connectivity index (χ0n) is 63.9. The molecule has 648 valence electrons. The second-order valence-corrected chi connectivity index (χ2v) is 41.5. The van der Waals surface area contributed by atoms with E-state index in [1.807, 2.05) is 36.7 Å². The maximum absolute atomic E-state index is 13.0. The lowest BCUT2D eigenvalue weighted by atomic mass is 10.3. The number of anilines is 2. The van der Waals surface area contributed by atoms with Crippen LogP contribution in [0.5, 0.6) is 0 Å². The van der Waals surface area contributed by atoms with Crippen molar-refractivity contribution in [3.63, 3.8) is 0 Å². The van der Waals surface area contributed by atoms with Crippen LogP contribution in [0.2, 0.25) is 25.1 Å². The van der Waals surface area contributed by atoms with Crippen LogP contribution in [0, 0.1) is 40.5 Å². The van der Waals surface area contributed by atoms with Crippen LogP contribution in [-0.2, 0) is 48.6 Å². The number of non-ortho nitro benzene ring substituents is 4. The number of hydrogen-bond acceptors (Lipinski definition) is 27. The molecule has 0 aliphatic carbocycles. The highest BCUT2D eigenvalue weighted by atomic mass is 35.7. The van der Waals surface area contributed by atoms with E-state index < -0.39 is 68.3 Å². The molecule has 0 saturated carbocycles. The van der Waals surface area contributed by atoms with E-state index >= 15 is 0 Å². The molecule has 48 heteroatoms. The average molecular weight is 1970 g/mol. The van der Waals surface area contributed by atoms with Gasteiger partial charge >= 0.3 is 0 Å². The number of rotatable bonds is 21. The maximum atomic E-state index is 13.0. The minimum absolute atomic E-state index is 0.0228. The Balaban J connectivity index is 0.000000156. The van der Waals surface area contributed by atoms with Crippen molar-refractivity contribution in [2.45, 2.75) is 75.6 Å². The van der Waals surface area contributed by atoms with E-state index in [1.54, 1.807) is 80.8 Å². The van der Waals surface area contributed by atoms with Crippen LogP contribution in [0.3, 0.4) is 0 Å². The monoisotopic (exact) mass is 1960 g/mol. The third-order valence-electron chi connectivity index (χ3n) is 16.5. The molecule has 0 aliphatic rings. The largest absolute Gasteiger partial charge is 0.399 e. The number of benzene rings is 6. The first-order chi connectivity index (χ1) is 59.2. The summed E-state index contributed by atoms with van der Waals surface area (Å²) < 4.78 is 123. The Morgan fingerprint density at radius 3 is 1.16 bits per heavy atom. The van der Waals surface area contributed by atoms with Gasteiger partial charge in [-0.1, -0.05) is 142 Å². The van der Waals surface area contributed by atoms with Gasteiger partial charge in [0.1, 0.15) is 28.2 Å². The summed E-state index contributed by atoms with van der Waals surface area (Å²) in [5.41, 5.74) is 8.90. The number of nitrogens with two attached hydrogens (primary N) is 1. The summed E-state index contributed by atoms with van der Waals surface area (Å²) >= 11 is 30.7. The molecular weight excluding hydrogens is 1910 g/mol. The second kappa shape index (κ2) is 42.5. The van der Waals surface area contributed by atoms with E-state index in [0.29, 0.717) is 76.7 Å². The van der Waals surface area contributed by atoms with E-state index in [1.165, 1.54) is 168 Å². The number of nitro benzene ring substituents is 4. The highest BCUT2D eigenvalue weighted by Gasteiger charge is 2.27.